The summed E-state index contributed by atoms with van der Waals surface area (Å²) in [7, 11) is 0. The van der Waals surface area contributed by atoms with E-state index in [4.69, 9.17) is 5.73 Å². The Balaban J connectivity index is 2.24. The van der Waals surface area contributed by atoms with Crippen LogP contribution in [0.25, 0.3) is 10.9 Å². The standard InChI is InChI=1S/C16H22FN3O2/c1-2-4-14(22)10(9-21)7-8-13-15-11(17)5-3-6-12(15)19-16(18)20-13/h3,5-6,10,14,21-22H,2,4,7-9H2,1H3,(H2,18,19,20)/t10-,14+/m1/s1. The number of rotatable bonds is 7. The molecule has 1 aromatic heterocycles. The molecule has 2 atom stereocenters. The Morgan fingerprint density at radius 2 is 2.05 bits per heavy atom. The largest absolute Gasteiger partial charge is 0.396 e. The average molecular weight is 307 g/mol. The minimum atomic E-state index is -0.565. The second-order valence-corrected chi connectivity index (χ2v) is 5.50. The number of fused-ring (bicyclic) bond motifs is 1. The van der Waals surface area contributed by atoms with Crippen molar-refractivity contribution in [2.75, 3.05) is 12.3 Å². The number of benzene rings is 1. The predicted molar refractivity (Wildman–Crippen MR) is 83.7 cm³/mol. The first-order chi connectivity index (χ1) is 10.6. The lowest BCUT2D eigenvalue weighted by Gasteiger charge is -2.20. The van der Waals surface area contributed by atoms with Gasteiger partial charge in [-0.2, -0.15) is 0 Å². The van der Waals surface area contributed by atoms with E-state index < -0.39 is 6.10 Å². The van der Waals surface area contributed by atoms with Crippen LogP contribution in [-0.2, 0) is 6.42 Å². The van der Waals surface area contributed by atoms with Crippen LogP contribution in [0.15, 0.2) is 18.2 Å². The highest BCUT2D eigenvalue weighted by atomic mass is 19.1. The number of aliphatic hydroxyl groups excluding tert-OH is 2. The molecular formula is C16H22FN3O2. The SMILES string of the molecule is CCC[C@H](O)[C@@H](CO)CCc1nc(N)nc2cccc(F)c12. The second-order valence-electron chi connectivity index (χ2n) is 5.50. The number of nitrogens with zero attached hydrogens (tertiary/aromatic N) is 2. The van der Waals surface area contributed by atoms with E-state index in [0.29, 0.717) is 35.9 Å². The van der Waals surface area contributed by atoms with Crippen molar-refractivity contribution in [3.05, 3.63) is 29.7 Å². The van der Waals surface area contributed by atoms with Crippen molar-refractivity contribution in [1.82, 2.24) is 9.97 Å². The van der Waals surface area contributed by atoms with E-state index in [9.17, 15) is 14.6 Å². The predicted octanol–water partition coefficient (Wildman–Crippen LogP) is 2.05. The maximum Gasteiger partial charge on any atom is 0.220 e. The molecule has 5 nitrogen and oxygen atoms in total. The Hall–Kier alpha value is -1.79. The van der Waals surface area contributed by atoms with Crippen molar-refractivity contribution in [3.63, 3.8) is 0 Å². The molecule has 22 heavy (non-hydrogen) atoms. The molecule has 4 N–H and O–H groups in total. The van der Waals surface area contributed by atoms with Crippen molar-refractivity contribution >= 4 is 16.9 Å². The lowest BCUT2D eigenvalue weighted by molar-refractivity contribution is 0.0558. The number of aliphatic hydroxyl groups is 2. The summed E-state index contributed by atoms with van der Waals surface area (Å²) in [5, 5.41) is 19.8. The summed E-state index contributed by atoms with van der Waals surface area (Å²) in [5.41, 5.74) is 6.66. The molecule has 120 valence electrons. The number of hydrogen-bond donors (Lipinski definition) is 3. The molecule has 0 aliphatic heterocycles. The van der Waals surface area contributed by atoms with Gasteiger partial charge in [-0.1, -0.05) is 19.4 Å². The highest BCUT2D eigenvalue weighted by Crippen LogP contribution is 2.23. The van der Waals surface area contributed by atoms with Gasteiger partial charge >= 0.3 is 0 Å². The van der Waals surface area contributed by atoms with Crippen LogP contribution in [0.1, 0.15) is 31.9 Å². The number of anilines is 1. The normalized spacial score (nSPS) is 14.2. The minimum Gasteiger partial charge on any atom is -0.396 e. The number of aryl methyl sites for hydroxylation is 1. The van der Waals surface area contributed by atoms with Gasteiger partial charge in [0.15, 0.2) is 0 Å². The molecule has 0 aliphatic rings. The van der Waals surface area contributed by atoms with Crippen LogP contribution >= 0.6 is 0 Å². The third-order valence-electron chi connectivity index (χ3n) is 3.88. The maximum atomic E-state index is 14.0. The van der Waals surface area contributed by atoms with Crippen LogP contribution < -0.4 is 5.73 Å². The lowest BCUT2D eigenvalue weighted by atomic mass is 9.93. The zero-order valence-electron chi connectivity index (χ0n) is 12.7. The van der Waals surface area contributed by atoms with Crippen LogP contribution in [-0.4, -0.2) is 32.9 Å². The molecule has 0 unspecified atom stereocenters. The minimum absolute atomic E-state index is 0.0998. The monoisotopic (exact) mass is 307 g/mol. The average Bonchev–Trinajstić information content (AvgIpc) is 2.47. The molecule has 0 bridgehead atoms. The number of aromatic nitrogens is 2. The number of halogens is 1. The van der Waals surface area contributed by atoms with E-state index in [1.807, 2.05) is 6.92 Å². The molecule has 0 spiro atoms. The van der Waals surface area contributed by atoms with E-state index in [1.54, 1.807) is 12.1 Å². The van der Waals surface area contributed by atoms with Crippen molar-refractivity contribution in [2.45, 2.75) is 38.7 Å². The Morgan fingerprint density at radius 3 is 2.73 bits per heavy atom. The van der Waals surface area contributed by atoms with E-state index in [0.717, 1.165) is 6.42 Å². The fourth-order valence-corrected chi connectivity index (χ4v) is 2.67. The van der Waals surface area contributed by atoms with Gasteiger partial charge in [0.05, 0.1) is 22.7 Å². The van der Waals surface area contributed by atoms with Gasteiger partial charge < -0.3 is 15.9 Å². The van der Waals surface area contributed by atoms with Crippen LogP contribution in [0.5, 0.6) is 0 Å². The smallest absolute Gasteiger partial charge is 0.220 e. The van der Waals surface area contributed by atoms with Gasteiger partial charge in [0.1, 0.15) is 5.82 Å². The Bertz CT molecular complexity index is 636. The van der Waals surface area contributed by atoms with E-state index in [1.165, 1.54) is 6.07 Å². The van der Waals surface area contributed by atoms with Gasteiger partial charge in [0, 0.05) is 12.5 Å². The Labute approximate surface area is 129 Å². The molecule has 0 aliphatic carbocycles. The Kier molecular flexibility index (Phi) is 5.63. The number of nitrogens with two attached hydrogens (primary N) is 1. The second kappa shape index (κ2) is 7.47. The van der Waals surface area contributed by atoms with Gasteiger partial charge in [0.2, 0.25) is 5.95 Å². The number of nitrogen functional groups attached to an aromatic ring is 1. The molecule has 0 amide bonds. The van der Waals surface area contributed by atoms with Gasteiger partial charge in [-0.3, -0.25) is 0 Å². The fraction of sp³-hybridized carbons (Fsp3) is 0.500. The molecule has 1 heterocycles. The third-order valence-corrected chi connectivity index (χ3v) is 3.88. The van der Waals surface area contributed by atoms with Gasteiger partial charge in [0.25, 0.3) is 0 Å². The summed E-state index contributed by atoms with van der Waals surface area (Å²) < 4.78 is 14.0. The zero-order chi connectivity index (χ0) is 16.1. The highest BCUT2D eigenvalue weighted by molar-refractivity contribution is 5.82. The Morgan fingerprint density at radius 1 is 1.27 bits per heavy atom. The lowest BCUT2D eigenvalue weighted by Crippen LogP contribution is -2.24. The van der Waals surface area contributed by atoms with E-state index in [-0.39, 0.29) is 24.3 Å². The quantitative estimate of drug-likeness (QED) is 0.728. The first kappa shape index (κ1) is 16.6. The molecule has 0 radical (unpaired) electrons. The van der Waals surface area contributed by atoms with E-state index >= 15 is 0 Å². The molecule has 2 rings (SSSR count). The summed E-state index contributed by atoms with van der Waals surface area (Å²) in [4.78, 5) is 8.17. The summed E-state index contributed by atoms with van der Waals surface area (Å²) >= 11 is 0. The zero-order valence-corrected chi connectivity index (χ0v) is 12.7. The van der Waals surface area contributed by atoms with E-state index in [2.05, 4.69) is 9.97 Å². The molecule has 1 aromatic carbocycles. The maximum absolute atomic E-state index is 14.0. The molecule has 0 saturated carbocycles. The topological polar surface area (TPSA) is 92.3 Å². The van der Waals surface area contributed by atoms with Crippen LogP contribution in [0.3, 0.4) is 0 Å². The van der Waals surface area contributed by atoms with Crippen LogP contribution in [0.2, 0.25) is 0 Å². The van der Waals surface area contributed by atoms with Gasteiger partial charge in [-0.05, 0) is 31.4 Å². The molecule has 0 fully saturated rings. The fourth-order valence-electron chi connectivity index (χ4n) is 2.67. The summed E-state index contributed by atoms with van der Waals surface area (Å²) in [6.45, 7) is 1.87. The van der Waals surface area contributed by atoms with Crippen molar-refractivity contribution in [3.8, 4) is 0 Å². The molecule has 0 saturated heterocycles. The van der Waals surface area contributed by atoms with Crippen LogP contribution in [0.4, 0.5) is 10.3 Å². The first-order valence-electron chi connectivity index (χ1n) is 7.56. The number of hydrogen-bond acceptors (Lipinski definition) is 5. The highest BCUT2D eigenvalue weighted by Gasteiger charge is 2.19. The van der Waals surface area contributed by atoms with Crippen molar-refractivity contribution in [2.24, 2.45) is 5.92 Å². The molecule has 6 heteroatoms. The van der Waals surface area contributed by atoms with Crippen molar-refractivity contribution in [1.29, 1.82) is 0 Å². The van der Waals surface area contributed by atoms with Crippen LogP contribution in [0, 0.1) is 11.7 Å². The summed E-state index contributed by atoms with van der Waals surface area (Å²) in [6.07, 6.45) is 1.85. The summed E-state index contributed by atoms with van der Waals surface area (Å²) in [5.74, 6) is -0.539. The summed E-state index contributed by atoms with van der Waals surface area (Å²) in [6, 6.07) is 4.63. The van der Waals surface area contributed by atoms with Crippen molar-refractivity contribution < 1.29 is 14.6 Å². The molecule has 2 aromatic rings. The first-order valence-corrected chi connectivity index (χ1v) is 7.56. The molecular weight excluding hydrogens is 285 g/mol. The van der Waals surface area contributed by atoms with Gasteiger partial charge in [-0.25, -0.2) is 14.4 Å². The third kappa shape index (κ3) is 3.69. The van der Waals surface area contributed by atoms with Gasteiger partial charge in [-0.15, -0.1) is 0 Å².